The minimum atomic E-state index is 0.139. The quantitative estimate of drug-likeness (QED) is 0.823. The molecule has 1 amide bonds. The fraction of sp³-hybridized carbons (Fsp3) is 0.600. The third-order valence-electron chi connectivity index (χ3n) is 5.64. The van der Waals surface area contributed by atoms with E-state index in [1.807, 2.05) is 24.9 Å². The molecule has 0 N–H and O–H groups in total. The number of hydrogen-bond donors (Lipinski definition) is 0. The van der Waals surface area contributed by atoms with Crippen LogP contribution in [-0.2, 0) is 16.0 Å². The van der Waals surface area contributed by atoms with Gasteiger partial charge >= 0.3 is 0 Å². The third kappa shape index (κ3) is 3.88. The topological polar surface area (TPSA) is 81.4 Å². The molecule has 0 aliphatic carbocycles. The van der Waals surface area contributed by atoms with Crippen LogP contribution < -0.4 is 0 Å². The summed E-state index contributed by atoms with van der Waals surface area (Å²) >= 11 is 0. The lowest BCUT2D eigenvalue weighted by molar-refractivity contribution is -0.137. The molecule has 0 spiro atoms. The van der Waals surface area contributed by atoms with E-state index < -0.39 is 0 Å². The molecule has 2 aliphatic rings. The van der Waals surface area contributed by atoms with Crippen molar-refractivity contribution in [3.05, 3.63) is 29.5 Å². The van der Waals surface area contributed by atoms with Gasteiger partial charge in [-0.3, -0.25) is 9.78 Å². The number of carbonyl (C=O) groups excluding carboxylic acids is 1. The Bertz CT molecular complexity index is 794. The number of likely N-dealkylation sites (tertiary alicyclic amines) is 1. The fourth-order valence-electron chi connectivity index (χ4n) is 4.17. The molecule has 0 saturated carbocycles. The Labute approximate surface area is 159 Å². The average Bonchev–Trinajstić information content (AvgIpc) is 3.28. The molecular weight excluding hydrogens is 344 g/mol. The summed E-state index contributed by atoms with van der Waals surface area (Å²) < 4.78 is 10.6. The summed E-state index contributed by atoms with van der Waals surface area (Å²) in [5.74, 6) is 1.63. The Morgan fingerprint density at radius 2 is 2.04 bits per heavy atom. The van der Waals surface area contributed by atoms with Crippen molar-refractivity contribution in [1.82, 2.24) is 20.0 Å². The van der Waals surface area contributed by atoms with Crippen molar-refractivity contribution >= 4 is 5.91 Å². The maximum Gasteiger partial charge on any atom is 0.225 e. The normalized spacial score (nSPS) is 21.0. The number of amides is 1. The van der Waals surface area contributed by atoms with Crippen LogP contribution in [0.3, 0.4) is 0 Å². The molecule has 4 heterocycles. The van der Waals surface area contributed by atoms with Gasteiger partial charge in [-0.25, -0.2) is 4.98 Å². The monoisotopic (exact) mass is 370 g/mol. The largest absolute Gasteiger partial charge is 0.381 e. The molecule has 7 heteroatoms. The highest BCUT2D eigenvalue weighted by molar-refractivity contribution is 5.79. The van der Waals surface area contributed by atoms with Gasteiger partial charge in [0.25, 0.3) is 0 Å². The van der Waals surface area contributed by atoms with Gasteiger partial charge in [0.15, 0.2) is 0 Å². The number of rotatable bonds is 4. The number of ether oxygens (including phenoxy) is 1. The van der Waals surface area contributed by atoms with E-state index in [4.69, 9.17) is 14.2 Å². The molecule has 0 aromatic carbocycles. The molecular formula is C20H26N4O3. The molecule has 0 bridgehead atoms. The van der Waals surface area contributed by atoms with Gasteiger partial charge in [-0.15, -0.1) is 0 Å². The molecule has 144 valence electrons. The Balaban J connectivity index is 1.40. The van der Waals surface area contributed by atoms with Crippen LogP contribution in [0, 0.1) is 25.7 Å². The molecule has 7 nitrogen and oxygen atoms in total. The van der Waals surface area contributed by atoms with Crippen LogP contribution in [0.15, 0.2) is 16.9 Å². The van der Waals surface area contributed by atoms with Crippen molar-refractivity contribution in [1.29, 1.82) is 0 Å². The van der Waals surface area contributed by atoms with Crippen molar-refractivity contribution in [2.75, 3.05) is 26.3 Å². The van der Waals surface area contributed by atoms with Crippen LogP contribution in [0.1, 0.15) is 36.4 Å². The van der Waals surface area contributed by atoms with E-state index in [0.717, 1.165) is 67.2 Å². The van der Waals surface area contributed by atoms with Gasteiger partial charge in [-0.2, -0.15) is 0 Å². The van der Waals surface area contributed by atoms with Gasteiger partial charge < -0.3 is 14.2 Å². The van der Waals surface area contributed by atoms with E-state index in [-0.39, 0.29) is 5.92 Å². The predicted octanol–water partition coefficient (Wildman–Crippen LogP) is 2.57. The smallest absolute Gasteiger partial charge is 0.225 e. The number of carbonyl (C=O) groups is 1. The second kappa shape index (κ2) is 7.76. The van der Waals surface area contributed by atoms with Gasteiger partial charge in [0.1, 0.15) is 5.76 Å². The molecule has 1 atom stereocenters. The van der Waals surface area contributed by atoms with Crippen LogP contribution in [0.5, 0.6) is 0 Å². The molecule has 2 aromatic rings. The standard InChI is InChI=1S/C20H26N4O3/c1-13-19(14(2)27-23-13)18-11-21-10-17(22-18)9-15-3-6-24(12-15)20(25)16-4-7-26-8-5-16/h10-11,15-16H,3-9,12H2,1-2H3/t15-/m1/s1. The van der Waals surface area contributed by atoms with Crippen molar-refractivity contribution in [2.24, 2.45) is 11.8 Å². The summed E-state index contributed by atoms with van der Waals surface area (Å²) in [7, 11) is 0. The first-order valence-electron chi connectivity index (χ1n) is 9.72. The molecule has 2 aliphatic heterocycles. The van der Waals surface area contributed by atoms with Gasteiger partial charge in [0, 0.05) is 38.4 Å². The van der Waals surface area contributed by atoms with E-state index in [1.54, 1.807) is 6.20 Å². The Kier molecular flexibility index (Phi) is 5.20. The summed E-state index contributed by atoms with van der Waals surface area (Å²) in [5.41, 5.74) is 3.51. The molecule has 0 radical (unpaired) electrons. The van der Waals surface area contributed by atoms with Crippen LogP contribution in [-0.4, -0.2) is 52.2 Å². The highest BCUT2D eigenvalue weighted by atomic mass is 16.5. The summed E-state index contributed by atoms with van der Waals surface area (Å²) in [6.45, 7) is 6.87. The molecule has 4 rings (SSSR count). The van der Waals surface area contributed by atoms with E-state index >= 15 is 0 Å². The first-order chi connectivity index (χ1) is 13.1. The van der Waals surface area contributed by atoms with Gasteiger partial charge in [0.05, 0.1) is 28.8 Å². The molecule has 2 fully saturated rings. The second-order valence-corrected chi connectivity index (χ2v) is 7.62. The minimum absolute atomic E-state index is 0.139. The van der Waals surface area contributed by atoms with Gasteiger partial charge in [-0.1, -0.05) is 5.16 Å². The van der Waals surface area contributed by atoms with Crippen LogP contribution in [0.25, 0.3) is 11.3 Å². The van der Waals surface area contributed by atoms with E-state index in [0.29, 0.717) is 25.0 Å². The lowest BCUT2D eigenvalue weighted by Gasteiger charge is -2.26. The van der Waals surface area contributed by atoms with E-state index in [9.17, 15) is 4.79 Å². The van der Waals surface area contributed by atoms with Crippen molar-refractivity contribution < 1.29 is 14.1 Å². The molecule has 0 unspecified atom stereocenters. The second-order valence-electron chi connectivity index (χ2n) is 7.62. The highest BCUT2D eigenvalue weighted by Crippen LogP contribution is 2.27. The Morgan fingerprint density at radius 3 is 2.78 bits per heavy atom. The van der Waals surface area contributed by atoms with Crippen molar-refractivity contribution in [2.45, 2.75) is 39.5 Å². The number of nitrogens with zero attached hydrogens (tertiary/aromatic N) is 4. The highest BCUT2D eigenvalue weighted by Gasteiger charge is 2.32. The lowest BCUT2D eigenvalue weighted by Crippen LogP contribution is -2.37. The van der Waals surface area contributed by atoms with Gasteiger partial charge in [0.2, 0.25) is 5.91 Å². The summed E-state index contributed by atoms with van der Waals surface area (Å²) in [4.78, 5) is 23.9. The maximum atomic E-state index is 12.7. The first kappa shape index (κ1) is 18.1. The molecule has 2 aromatic heterocycles. The Hall–Kier alpha value is -2.28. The van der Waals surface area contributed by atoms with Crippen molar-refractivity contribution in [3.63, 3.8) is 0 Å². The first-order valence-corrected chi connectivity index (χ1v) is 9.72. The number of aryl methyl sites for hydroxylation is 2. The SMILES string of the molecule is Cc1noc(C)c1-c1cncc(C[C@H]2CCN(C(=O)C3CCOCC3)C2)n1. The maximum absolute atomic E-state index is 12.7. The molecule has 27 heavy (non-hydrogen) atoms. The van der Waals surface area contributed by atoms with Gasteiger partial charge in [-0.05, 0) is 45.4 Å². The summed E-state index contributed by atoms with van der Waals surface area (Å²) in [5, 5.41) is 4.00. The molecule has 2 saturated heterocycles. The number of aromatic nitrogens is 3. The zero-order chi connectivity index (χ0) is 18.8. The number of hydrogen-bond acceptors (Lipinski definition) is 6. The van der Waals surface area contributed by atoms with Crippen LogP contribution in [0.4, 0.5) is 0 Å². The zero-order valence-electron chi connectivity index (χ0n) is 16.0. The fourth-order valence-corrected chi connectivity index (χ4v) is 4.17. The summed E-state index contributed by atoms with van der Waals surface area (Å²) in [6.07, 6.45) is 7.14. The minimum Gasteiger partial charge on any atom is -0.381 e. The Morgan fingerprint density at radius 1 is 1.22 bits per heavy atom. The van der Waals surface area contributed by atoms with E-state index in [1.165, 1.54) is 0 Å². The average molecular weight is 370 g/mol. The van der Waals surface area contributed by atoms with Crippen molar-refractivity contribution in [3.8, 4) is 11.3 Å². The van der Waals surface area contributed by atoms with E-state index in [2.05, 4.69) is 10.1 Å². The third-order valence-corrected chi connectivity index (χ3v) is 5.64. The lowest BCUT2D eigenvalue weighted by atomic mass is 9.98. The zero-order valence-corrected chi connectivity index (χ0v) is 16.0. The van der Waals surface area contributed by atoms with Crippen LogP contribution >= 0.6 is 0 Å². The predicted molar refractivity (Wildman–Crippen MR) is 98.9 cm³/mol. The summed E-state index contributed by atoms with van der Waals surface area (Å²) in [6, 6.07) is 0. The van der Waals surface area contributed by atoms with Crippen LogP contribution in [0.2, 0.25) is 0 Å².